The molecule has 1 fully saturated rings. The number of rotatable bonds is 7. The van der Waals surface area contributed by atoms with Crippen LogP contribution in [0.3, 0.4) is 0 Å². The van der Waals surface area contributed by atoms with Gasteiger partial charge in [-0.1, -0.05) is 43.2 Å². The summed E-state index contributed by atoms with van der Waals surface area (Å²) in [4.78, 5) is 2.55. The Morgan fingerprint density at radius 1 is 1.37 bits per heavy atom. The van der Waals surface area contributed by atoms with E-state index in [0.29, 0.717) is 6.04 Å². The zero-order valence-electron chi connectivity index (χ0n) is 12.7. The lowest BCUT2D eigenvalue weighted by atomic mass is 9.91. The second-order valence-electron chi connectivity index (χ2n) is 5.88. The normalized spacial score (nSPS) is 17.5. The van der Waals surface area contributed by atoms with E-state index in [1.165, 1.54) is 43.4 Å². The highest BCUT2D eigenvalue weighted by molar-refractivity contribution is 5.25. The summed E-state index contributed by atoms with van der Waals surface area (Å²) in [5.74, 6) is 0. The molecule has 1 atom stereocenters. The van der Waals surface area contributed by atoms with Crippen LogP contribution in [-0.4, -0.2) is 31.1 Å². The fraction of sp³-hybridized carbons (Fsp3) is 0.647. The van der Waals surface area contributed by atoms with Gasteiger partial charge in [-0.05, 0) is 51.9 Å². The Hall–Kier alpha value is -0.860. The van der Waals surface area contributed by atoms with Crippen molar-refractivity contribution in [3.8, 4) is 0 Å². The van der Waals surface area contributed by atoms with Gasteiger partial charge in [-0.3, -0.25) is 0 Å². The molecule has 0 spiro atoms. The molecule has 0 bridgehead atoms. The Morgan fingerprint density at radius 2 is 2.16 bits per heavy atom. The summed E-state index contributed by atoms with van der Waals surface area (Å²) in [5.41, 5.74) is 2.79. The first kappa shape index (κ1) is 14.5. The molecule has 1 N–H and O–H groups in total. The molecule has 1 unspecified atom stereocenters. The highest BCUT2D eigenvalue weighted by atomic mass is 15.1. The molecule has 1 saturated carbocycles. The van der Waals surface area contributed by atoms with E-state index in [1.807, 2.05) is 0 Å². The van der Waals surface area contributed by atoms with Gasteiger partial charge in [-0.25, -0.2) is 0 Å². The molecule has 2 rings (SSSR count). The second-order valence-corrected chi connectivity index (χ2v) is 5.88. The van der Waals surface area contributed by atoms with E-state index in [1.54, 1.807) is 0 Å². The van der Waals surface area contributed by atoms with Crippen LogP contribution in [0.4, 0.5) is 0 Å². The smallest absolute Gasteiger partial charge is 0.0332 e. The van der Waals surface area contributed by atoms with E-state index < -0.39 is 0 Å². The molecule has 19 heavy (non-hydrogen) atoms. The fourth-order valence-electron chi connectivity index (χ4n) is 2.86. The summed E-state index contributed by atoms with van der Waals surface area (Å²) in [6, 6.07) is 10.3. The predicted molar refractivity (Wildman–Crippen MR) is 82.5 cm³/mol. The molecule has 106 valence electrons. The van der Waals surface area contributed by atoms with Crippen LogP contribution in [-0.2, 0) is 0 Å². The molecule has 0 saturated heterocycles. The zero-order chi connectivity index (χ0) is 13.7. The lowest BCUT2D eigenvalue weighted by Crippen LogP contribution is -2.39. The fourth-order valence-corrected chi connectivity index (χ4v) is 2.86. The minimum absolute atomic E-state index is 0.493. The Labute approximate surface area is 118 Å². The van der Waals surface area contributed by atoms with Gasteiger partial charge in [0.15, 0.2) is 0 Å². The largest absolute Gasteiger partial charge is 0.310 e. The highest BCUT2D eigenvalue weighted by Gasteiger charge is 2.22. The van der Waals surface area contributed by atoms with Crippen LogP contribution in [0.5, 0.6) is 0 Å². The monoisotopic (exact) mass is 260 g/mol. The van der Waals surface area contributed by atoms with Crippen LogP contribution < -0.4 is 5.32 Å². The summed E-state index contributed by atoms with van der Waals surface area (Å²) in [6.45, 7) is 6.59. The standard InChI is InChI=1S/C17H28N2/c1-4-18-17(15-8-5-7-14(2)13-15)11-12-19(3)16-9-6-10-16/h5,7-8,13,16-18H,4,6,9-12H2,1-3H3. The molecule has 0 radical (unpaired) electrons. The molecule has 0 aliphatic heterocycles. The first-order valence-corrected chi connectivity index (χ1v) is 7.71. The van der Waals surface area contributed by atoms with Gasteiger partial charge in [0.1, 0.15) is 0 Å². The Bertz CT molecular complexity index is 385. The van der Waals surface area contributed by atoms with Crippen molar-refractivity contribution in [2.24, 2.45) is 0 Å². The summed E-state index contributed by atoms with van der Waals surface area (Å²) in [6.07, 6.45) is 5.41. The molecule has 1 aliphatic carbocycles. The maximum absolute atomic E-state index is 3.63. The number of aryl methyl sites for hydroxylation is 1. The molecule has 1 aliphatic rings. The van der Waals surface area contributed by atoms with E-state index in [2.05, 4.69) is 55.4 Å². The van der Waals surface area contributed by atoms with Gasteiger partial charge >= 0.3 is 0 Å². The quantitative estimate of drug-likeness (QED) is 0.807. The minimum Gasteiger partial charge on any atom is -0.310 e. The minimum atomic E-state index is 0.493. The van der Waals surface area contributed by atoms with Crippen LogP contribution in [0.25, 0.3) is 0 Å². The number of hydrogen-bond acceptors (Lipinski definition) is 2. The maximum Gasteiger partial charge on any atom is 0.0332 e. The van der Waals surface area contributed by atoms with E-state index >= 15 is 0 Å². The number of nitrogens with one attached hydrogen (secondary N) is 1. The van der Waals surface area contributed by atoms with Crippen molar-refractivity contribution in [2.45, 2.75) is 51.6 Å². The molecule has 0 aromatic heterocycles. The Morgan fingerprint density at radius 3 is 2.74 bits per heavy atom. The average molecular weight is 260 g/mol. The molecule has 1 aromatic rings. The van der Waals surface area contributed by atoms with Crippen molar-refractivity contribution in [1.82, 2.24) is 10.2 Å². The van der Waals surface area contributed by atoms with Gasteiger partial charge in [0, 0.05) is 12.1 Å². The zero-order valence-corrected chi connectivity index (χ0v) is 12.7. The third-order valence-electron chi connectivity index (χ3n) is 4.36. The van der Waals surface area contributed by atoms with Crippen LogP contribution in [0.2, 0.25) is 0 Å². The number of benzene rings is 1. The molecular formula is C17H28N2. The third kappa shape index (κ3) is 4.05. The summed E-state index contributed by atoms with van der Waals surface area (Å²) >= 11 is 0. The molecule has 0 amide bonds. The van der Waals surface area contributed by atoms with Crippen molar-refractivity contribution in [2.75, 3.05) is 20.1 Å². The lowest BCUT2D eigenvalue weighted by Gasteiger charge is -2.35. The van der Waals surface area contributed by atoms with Gasteiger partial charge in [-0.2, -0.15) is 0 Å². The number of nitrogens with zero attached hydrogens (tertiary/aromatic N) is 1. The lowest BCUT2D eigenvalue weighted by molar-refractivity contribution is 0.153. The Balaban J connectivity index is 1.91. The second kappa shape index (κ2) is 7.06. The van der Waals surface area contributed by atoms with E-state index in [4.69, 9.17) is 0 Å². The van der Waals surface area contributed by atoms with Gasteiger partial charge < -0.3 is 10.2 Å². The van der Waals surface area contributed by atoms with Crippen LogP contribution >= 0.6 is 0 Å². The van der Waals surface area contributed by atoms with Crippen LogP contribution in [0.15, 0.2) is 24.3 Å². The van der Waals surface area contributed by atoms with E-state index in [9.17, 15) is 0 Å². The van der Waals surface area contributed by atoms with Gasteiger partial charge in [0.2, 0.25) is 0 Å². The van der Waals surface area contributed by atoms with Gasteiger partial charge in [-0.15, -0.1) is 0 Å². The van der Waals surface area contributed by atoms with E-state index in [0.717, 1.165) is 12.6 Å². The van der Waals surface area contributed by atoms with Gasteiger partial charge in [0.25, 0.3) is 0 Å². The first-order chi connectivity index (χ1) is 9.20. The van der Waals surface area contributed by atoms with Crippen LogP contribution in [0, 0.1) is 6.92 Å². The average Bonchev–Trinajstić information content (AvgIpc) is 2.32. The molecule has 0 heterocycles. The summed E-state index contributed by atoms with van der Waals surface area (Å²) < 4.78 is 0. The molecule has 2 heteroatoms. The molecular weight excluding hydrogens is 232 g/mol. The predicted octanol–water partition coefficient (Wildman–Crippen LogP) is 3.52. The molecule has 2 nitrogen and oxygen atoms in total. The summed E-state index contributed by atoms with van der Waals surface area (Å²) in [5, 5.41) is 3.63. The first-order valence-electron chi connectivity index (χ1n) is 7.71. The number of hydrogen-bond donors (Lipinski definition) is 1. The van der Waals surface area contributed by atoms with Crippen molar-refractivity contribution in [1.29, 1.82) is 0 Å². The van der Waals surface area contributed by atoms with Crippen molar-refractivity contribution < 1.29 is 0 Å². The Kier molecular flexibility index (Phi) is 5.41. The highest BCUT2D eigenvalue weighted by Crippen LogP contribution is 2.25. The van der Waals surface area contributed by atoms with Crippen molar-refractivity contribution in [3.63, 3.8) is 0 Å². The van der Waals surface area contributed by atoms with Crippen LogP contribution in [0.1, 0.15) is 49.8 Å². The van der Waals surface area contributed by atoms with Crippen molar-refractivity contribution in [3.05, 3.63) is 35.4 Å². The molecule has 1 aromatic carbocycles. The van der Waals surface area contributed by atoms with E-state index in [-0.39, 0.29) is 0 Å². The third-order valence-corrected chi connectivity index (χ3v) is 4.36. The maximum atomic E-state index is 3.63. The van der Waals surface area contributed by atoms with Gasteiger partial charge in [0.05, 0.1) is 0 Å². The SMILES string of the molecule is CCNC(CCN(C)C1CCC1)c1cccc(C)c1. The summed E-state index contributed by atoms with van der Waals surface area (Å²) in [7, 11) is 2.28. The van der Waals surface area contributed by atoms with Crippen molar-refractivity contribution >= 4 is 0 Å². The topological polar surface area (TPSA) is 15.3 Å².